The molecule has 172 valence electrons. The highest BCUT2D eigenvalue weighted by atomic mass is 32.1. The van der Waals surface area contributed by atoms with Crippen LogP contribution in [-0.4, -0.2) is 25.3 Å². The molecule has 0 bridgehead atoms. The standard InChI is InChI=1S/C26H32O5S/c1-25(2,3)16-9-15(10-17(11-16)26(4,5)6)14-31-22-18-12-19(29-7)20(30-8)13-21(18)32-23(22)24(27)28/h9-13H,14H2,1-8H3,(H,27,28). The number of hydrogen-bond donors (Lipinski definition) is 1. The third-order valence-corrected chi connectivity index (χ3v) is 6.57. The van der Waals surface area contributed by atoms with Gasteiger partial charge in [0.15, 0.2) is 22.1 Å². The number of fused-ring (bicyclic) bond motifs is 1. The number of benzene rings is 2. The van der Waals surface area contributed by atoms with Crippen LogP contribution >= 0.6 is 11.3 Å². The van der Waals surface area contributed by atoms with Crippen LogP contribution in [0.1, 0.15) is 67.9 Å². The number of rotatable bonds is 6. The van der Waals surface area contributed by atoms with Gasteiger partial charge >= 0.3 is 5.97 Å². The Bertz CT molecular complexity index is 1110. The van der Waals surface area contributed by atoms with Crippen molar-refractivity contribution in [2.45, 2.75) is 59.0 Å². The highest BCUT2D eigenvalue weighted by Crippen LogP contribution is 2.44. The molecule has 32 heavy (non-hydrogen) atoms. The Balaban J connectivity index is 2.07. The number of methoxy groups -OCH3 is 2. The maximum Gasteiger partial charge on any atom is 0.349 e. The molecule has 3 aromatic rings. The van der Waals surface area contributed by atoms with Crippen LogP contribution in [0.2, 0.25) is 0 Å². The summed E-state index contributed by atoms with van der Waals surface area (Å²) < 4.78 is 17.7. The number of thiophene rings is 1. The van der Waals surface area contributed by atoms with E-state index in [0.717, 1.165) is 10.3 Å². The van der Waals surface area contributed by atoms with Crippen LogP contribution in [0.25, 0.3) is 10.1 Å². The predicted molar refractivity (Wildman–Crippen MR) is 130 cm³/mol. The fourth-order valence-electron chi connectivity index (χ4n) is 3.48. The fraction of sp³-hybridized carbons (Fsp3) is 0.423. The lowest BCUT2D eigenvalue weighted by atomic mass is 9.79. The molecule has 1 aromatic heterocycles. The van der Waals surface area contributed by atoms with Gasteiger partial charge in [-0.25, -0.2) is 4.79 Å². The highest BCUT2D eigenvalue weighted by molar-refractivity contribution is 7.21. The smallest absolute Gasteiger partial charge is 0.349 e. The summed E-state index contributed by atoms with van der Waals surface area (Å²) in [6, 6.07) is 10.1. The van der Waals surface area contributed by atoms with E-state index in [1.807, 2.05) is 0 Å². The molecule has 3 rings (SSSR count). The van der Waals surface area contributed by atoms with Gasteiger partial charge in [0.1, 0.15) is 6.61 Å². The van der Waals surface area contributed by atoms with E-state index < -0.39 is 5.97 Å². The molecule has 2 aromatic carbocycles. The van der Waals surface area contributed by atoms with Crippen molar-refractivity contribution < 1.29 is 24.1 Å². The average Bonchev–Trinajstić information content (AvgIpc) is 3.07. The predicted octanol–water partition coefficient (Wildman–Crippen LogP) is 6.79. The highest BCUT2D eigenvalue weighted by Gasteiger charge is 2.24. The molecule has 0 aliphatic rings. The van der Waals surface area contributed by atoms with E-state index in [1.54, 1.807) is 26.4 Å². The summed E-state index contributed by atoms with van der Waals surface area (Å²) >= 11 is 1.17. The van der Waals surface area contributed by atoms with Crippen LogP contribution in [0.5, 0.6) is 17.2 Å². The maximum absolute atomic E-state index is 12.0. The van der Waals surface area contributed by atoms with Gasteiger partial charge in [-0.2, -0.15) is 0 Å². The van der Waals surface area contributed by atoms with Crippen LogP contribution in [0.4, 0.5) is 0 Å². The molecule has 0 amide bonds. The summed E-state index contributed by atoms with van der Waals surface area (Å²) in [6.07, 6.45) is 0. The summed E-state index contributed by atoms with van der Waals surface area (Å²) in [5, 5.41) is 10.5. The van der Waals surface area contributed by atoms with E-state index in [4.69, 9.17) is 14.2 Å². The molecule has 0 radical (unpaired) electrons. The van der Waals surface area contributed by atoms with Crippen molar-refractivity contribution in [2.75, 3.05) is 14.2 Å². The van der Waals surface area contributed by atoms with Gasteiger partial charge in [0.05, 0.1) is 14.2 Å². The summed E-state index contributed by atoms with van der Waals surface area (Å²) in [5.41, 5.74) is 3.44. The van der Waals surface area contributed by atoms with Gasteiger partial charge in [-0.05, 0) is 33.6 Å². The molecule has 0 saturated heterocycles. The zero-order valence-corrected chi connectivity index (χ0v) is 20.9. The minimum absolute atomic E-state index is 0.0127. The van der Waals surface area contributed by atoms with Crippen molar-refractivity contribution in [3.8, 4) is 17.2 Å². The lowest BCUT2D eigenvalue weighted by Crippen LogP contribution is -2.17. The van der Waals surface area contributed by atoms with Crippen LogP contribution < -0.4 is 14.2 Å². The molecule has 0 aliphatic carbocycles. The second kappa shape index (κ2) is 8.66. The van der Waals surface area contributed by atoms with E-state index in [-0.39, 0.29) is 22.3 Å². The van der Waals surface area contributed by atoms with Crippen LogP contribution in [-0.2, 0) is 17.4 Å². The molecule has 0 saturated carbocycles. The molecular formula is C26H32O5S. The van der Waals surface area contributed by atoms with Gasteiger partial charge < -0.3 is 19.3 Å². The molecule has 0 atom stereocenters. The Hall–Kier alpha value is -2.73. The van der Waals surface area contributed by atoms with Gasteiger partial charge in [-0.15, -0.1) is 11.3 Å². The average molecular weight is 457 g/mol. The number of carboxylic acids is 1. The summed E-state index contributed by atoms with van der Waals surface area (Å²) in [4.78, 5) is 12.1. The second-order valence-electron chi connectivity index (χ2n) is 9.98. The summed E-state index contributed by atoms with van der Waals surface area (Å²) in [7, 11) is 3.11. The monoisotopic (exact) mass is 456 g/mol. The SMILES string of the molecule is COc1cc2sc(C(=O)O)c(OCc3cc(C(C)(C)C)cc(C(C)(C)C)c3)c2cc1OC. The van der Waals surface area contributed by atoms with Gasteiger partial charge in [0.2, 0.25) is 0 Å². The van der Waals surface area contributed by atoms with Crippen molar-refractivity contribution in [3.63, 3.8) is 0 Å². The molecule has 0 fully saturated rings. The van der Waals surface area contributed by atoms with Crippen molar-refractivity contribution in [1.29, 1.82) is 0 Å². The quantitative estimate of drug-likeness (QED) is 0.442. The number of aromatic carboxylic acids is 1. The normalized spacial score (nSPS) is 12.1. The zero-order chi connectivity index (χ0) is 23.8. The minimum atomic E-state index is -1.02. The first-order valence-corrected chi connectivity index (χ1v) is 11.4. The molecule has 0 unspecified atom stereocenters. The van der Waals surface area contributed by atoms with Crippen molar-refractivity contribution in [2.24, 2.45) is 0 Å². The molecule has 6 heteroatoms. The largest absolute Gasteiger partial charge is 0.493 e. The Labute approximate surface area is 193 Å². The number of ether oxygens (including phenoxy) is 3. The van der Waals surface area contributed by atoms with Crippen molar-refractivity contribution in [1.82, 2.24) is 0 Å². The third kappa shape index (κ3) is 4.85. The Morgan fingerprint density at radius 3 is 1.88 bits per heavy atom. The number of hydrogen-bond acceptors (Lipinski definition) is 5. The Morgan fingerprint density at radius 1 is 0.875 bits per heavy atom. The Morgan fingerprint density at radius 2 is 1.41 bits per heavy atom. The first-order valence-electron chi connectivity index (χ1n) is 10.5. The van der Waals surface area contributed by atoms with Crippen LogP contribution in [0.15, 0.2) is 30.3 Å². The minimum Gasteiger partial charge on any atom is -0.493 e. The van der Waals surface area contributed by atoms with E-state index in [0.29, 0.717) is 22.6 Å². The number of carbonyl (C=O) groups is 1. The molecular weight excluding hydrogens is 424 g/mol. The van der Waals surface area contributed by atoms with Crippen molar-refractivity contribution in [3.05, 3.63) is 51.9 Å². The maximum atomic E-state index is 12.0. The molecule has 1 N–H and O–H groups in total. The van der Waals surface area contributed by atoms with Gasteiger partial charge in [0, 0.05) is 16.2 Å². The van der Waals surface area contributed by atoms with E-state index >= 15 is 0 Å². The van der Waals surface area contributed by atoms with Crippen LogP contribution in [0, 0.1) is 0 Å². The number of carboxylic acid groups (broad SMARTS) is 1. The lowest BCUT2D eigenvalue weighted by Gasteiger charge is -2.26. The molecule has 1 heterocycles. The van der Waals surface area contributed by atoms with E-state index in [1.165, 1.54) is 22.5 Å². The third-order valence-electron chi connectivity index (χ3n) is 5.45. The van der Waals surface area contributed by atoms with Gasteiger partial charge in [-0.1, -0.05) is 59.7 Å². The Kier molecular flexibility index (Phi) is 6.47. The molecule has 0 spiro atoms. The molecule has 5 nitrogen and oxygen atoms in total. The van der Waals surface area contributed by atoms with Gasteiger partial charge in [0.25, 0.3) is 0 Å². The molecule has 0 aliphatic heterocycles. The van der Waals surface area contributed by atoms with E-state index in [9.17, 15) is 9.90 Å². The second-order valence-corrected chi connectivity index (χ2v) is 11.0. The van der Waals surface area contributed by atoms with Crippen molar-refractivity contribution >= 4 is 27.4 Å². The van der Waals surface area contributed by atoms with Crippen LogP contribution in [0.3, 0.4) is 0 Å². The summed E-state index contributed by atoms with van der Waals surface area (Å²) in [6.45, 7) is 13.4. The van der Waals surface area contributed by atoms with E-state index in [2.05, 4.69) is 59.7 Å². The first kappa shape index (κ1) is 23.9. The summed E-state index contributed by atoms with van der Waals surface area (Å²) in [5.74, 6) is 0.427. The topological polar surface area (TPSA) is 65.0 Å². The lowest BCUT2D eigenvalue weighted by molar-refractivity contribution is 0.0698. The fourth-order valence-corrected chi connectivity index (χ4v) is 4.48. The van der Waals surface area contributed by atoms with Gasteiger partial charge in [-0.3, -0.25) is 0 Å². The first-order chi connectivity index (χ1) is 14.8. The zero-order valence-electron chi connectivity index (χ0n) is 20.1.